The van der Waals surface area contributed by atoms with Gasteiger partial charge in [-0.2, -0.15) is 26.3 Å². The van der Waals surface area contributed by atoms with E-state index < -0.39 is 59.7 Å². The van der Waals surface area contributed by atoms with Gasteiger partial charge in [0.05, 0.1) is 16.9 Å². The van der Waals surface area contributed by atoms with Crippen LogP contribution in [0.5, 0.6) is 0 Å². The summed E-state index contributed by atoms with van der Waals surface area (Å²) in [6.07, 6.45) is -12.7. The van der Waals surface area contributed by atoms with Crippen LogP contribution in [-0.2, 0) is 5.67 Å². The largest absolute Gasteiger partial charge is 0.435 e. The number of carbonyl (C=O) groups is 2. The molecule has 0 atom stereocenters. The molecule has 0 aliphatic heterocycles. The Labute approximate surface area is 241 Å². The number of carbonyl (C=O) groups excluding carboxylic acids is 2. The first-order valence-electron chi connectivity index (χ1n) is 10.4. The van der Waals surface area contributed by atoms with Crippen LogP contribution >= 0.6 is 45.2 Å². The lowest BCUT2D eigenvalue weighted by molar-refractivity contribution is -0.348. The van der Waals surface area contributed by atoms with Crippen LogP contribution in [0.15, 0.2) is 54.6 Å². The number of amides is 2. The topological polar surface area (TPSA) is 49.4 Å². The predicted molar refractivity (Wildman–Crippen MR) is 140 cm³/mol. The summed E-state index contributed by atoms with van der Waals surface area (Å²) < 4.78 is 121. The van der Waals surface area contributed by atoms with Crippen molar-refractivity contribution in [1.29, 1.82) is 0 Å². The van der Waals surface area contributed by atoms with Crippen molar-refractivity contribution >= 4 is 68.4 Å². The summed E-state index contributed by atoms with van der Waals surface area (Å²) in [5.41, 5.74) is -8.67. The van der Waals surface area contributed by atoms with Gasteiger partial charge in [-0.25, -0.2) is 13.2 Å². The van der Waals surface area contributed by atoms with Crippen molar-refractivity contribution in [2.24, 2.45) is 0 Å². The first kappa shape index (κ1) is 31.0. The molecular formula is C24H13F9I2N2O2. The van der Waals surface area contributed by atoms with Gasteiger partial charge in [0.1, 0.15) is 5.82 Å². The molecule has 3 aromatic rings. The lowest BCUT2D eigenvalue weighted by atomic mass is 9.94. The Hall–Kier alpha value is -2.57. The molecule has 0 unspecified atom stereocenters. The van der Waals surface area contributed by atoms with Crippen LogP contribution in [0, 0.1) is 18.8 Å². The van der Waals surface area contributed by atoms with Crippen LogP contribution in [-0.4, -0.2) is 31.2 Å². The summed E-state index contributed by atoms with van der Waals surface area (Å²) in [5.74, 6) is -3.68. The molecule has 1 N–H and O–H groups in total. The molecule has 0 aliphatic rings. The fourth-order valence-corrected chi connectivity index (χ4v) is 5.45. The van der Waals surface area contributed by atoms with E-state index in [0.29, 0.717) is 0 Å². The Bertz CT molecular complexity index is 1390. The van der Waals surface area contributed by atoms with E-state index in [9.17, 15) is 44.7 Å². The second-order valence-electron chi connectivity index (χ2n) is 7.93. The minimum Gasteiger partial charge on any atom is -0.320 e. The number of anilines is 2. The molecule has 39 heavy (non-hydrogen) atoms. The van der Waals surface area contributed by atoms with Crippen molar-refractivity contribution in [3.05, 3.63) is 90.1 Å². The maximum atomic E-state index is 15.3. The Morgan fingerprint density at radius 1 is 0.821 bits per heavy atom. The maximum absolute atomic E-state index is 15.3. The van der Waals surface area contributed by atoms with E-state index in [-0.39, 0.29) is 29.1 Å². The van der Waals surface area contributed by atoms with Crippen LogP contribution in [0.2, 0.25) is 0 Å². The van der Waals surface area contributed by atoms with E-state index >= 15 is 4.39 Å². The first-order chi connectivity index (χ1) is 17.9. The van der Waals surface area contributed by atoms with Crippen LogP contribution in [0.3, 0.4) is 0 Å². The summed E-state index contributed by atoms with van der Waals surface area (Å²) >= 11 is 2.62. The minimum atomic E-state index is -6.33. The lowest BCUT2D eigenvalue weighted by Gasteiger charge is -2.31. The molecule has 208 valence electrons. The molecule has 0 fully saturated rings. The zero-order valence-corrected chi connectivity index (χ0v) is 23.4. The molecule has 0 radical (unpaired) electrons. The van der Waals surface area contributed by atoms with E-state index in [1.165, 1.54) is 76.5 Å². The Morgan fingerprint density at radius 3 is 1.82 bits per heavy atom. The van der Waals surface area contributed by atoms with Gasteiger partial charge in [0.25, 0.3) is 11.8 Å². The molecule has 2 amide bonds. The third-order valence-electron chi connectivity index (χ3n) is 5.44. The SMILES string of the molecule is CN(C(=O)c1ccc(F)cc1)c1cccc(C(=O)Nc2c(I)cc(C(F)(C(F)(F)F)C(F)(F)F)cc2I)c1F. The van der Waals surface area contributed by atoms with Crippen LogP contribution in [0.25, 0.3) is 0 Å². The molecule has 0 bridgehead atoms. The minimum absolute atomic E-state index is 0.0130. The standard InChI is InChI=1S/C24H13F9I2N2O2/c1-37(21(39)11-5-7-13(25)8-6-11)17-4-2-3-14(18(17)26)20(38)36-19-15(34)9-12(10-16(19)35)22(27,23(28,29)30)24(31,32)33/h2-10H,1H3,(H,36,38). The summed E-state index contributed by atoms with van der Waals surface area (Å²) in [6.45, 7) is 0. The van der Waals surface area contributed by atoms with Crippen molar-refractivity contribution in [1.82, 2.24) is 0 Å². The van der Waals surface area contributed by atoms with E-state index in [4.69, 9.17) is 0 Å². The molecule has 4 nitrogen and oxygen atoms in total. The summed E-state index contributed by atoms with van der Waals surface area (Å²) in [4.78, 5) is 26.4. The van der Waals surface area contributed by atoms with Gasteiger partial charge in [0, 0.05) is 25.3 Å². The van der Waals surface area contributed by atoms with Crippen molar-refractivity contribution in [2.75, 3.05) is 17.3 Å². The van der Waals surface area contributed by atoms with E-state index in [1.54, 1.807) is 0 Å². The van der Waals surface area contributed by atoms with Gasteiger partial charge >= 0.3 is 18.0 Å². The lowest BCUT2D eigenvalue weighted by Crippen LogP contribution is -2.50. The summed E-state index contributed by atoms with van der Waals surface area (Å²) in [6, 6.07) is 8.36. The molecule has 0 saturated heterocycles. The highest BCUT2D eigenvalue weighted by Crippen LogP contribution is 2.54. The quantitative estimate of drug-likeness (QED) is 0.211. The molecule has 0 saturated carbocycles. The van der Waals surface area contributed by atoms with Gasteiger partial charge < -0.3 is 10.2 Å². The number of rotatable bonds is 5. The van der Waals surface area contributed by atoms with Crippen molar-refractivity contribution in [2.45, 2.75) is 18.0 Å². The number of hydrogen-bond donors (Lipinski definition) is 1. The van der Waals surface area contributed by atoms with E-state index in [1.807, 2.05) is 0 Å². The Balaban J connectivity index is 1.95. The second-order valence-corrected chi connectivity index (χ2v) is 10.3. The van der Waals surface area contributed by atoms with Gasteiger partial charge in [-0.1, -0.05) is 6.07 Å². The smallest absolute Gasteiger partial charge is 0.320 e. The fraction of sp³-hybridized carbons (Fsp3) is 0.167. The molecule has 0 spiro atoms. The number of alkyl halides is 7. The Kier molecular flexibility index (Phi) is 8.84. The summed E-state index contributed by atoms with van der Waals surface area (Å²) in [5, 5.41) is 2.20. The number of hydrogen-bond acceptors (Lipinski definition) is 2. The van der Waals surface area contributed by atoms with Crippen molar-refractivity contribution in [3.63, 3.8) is 0 Å². The van der Waals surface area contributed by atoms with E-state index in [2.05, 4.69) is 5.32 Å². The highest BCUT2D eigenvalue weighted by atomic mass is 127. The van der Waals surface area contributed by atoms with E-state index in [0.717, 1.165) is 23.1 Å². The molecule has 3 aromatic carbocycles. The van der Waals surface area contributed by atoms with Crippen LogP contribution < -0.4 is 10.2 Å². The molecule has 0 aliphatic carbocycles. The zero-order valence-electron chi connectivity index (χ0n) is 19.1. The first-order valence-corrected chi connectivity index (χ1v) is 12.5. The Morgan fingerprint density at radius 2 is 1.33 bits per heavy atom. The number of halogens is 11. The maximum Gasteiger partial charge on any atom is 0.435 e. The molecule has 15 heteroatoms. The van der Waals surface area contributed by atoms with Gasteiger partial charge in [-0.05, 0) is 93.7 Å². The second kappa shape index (κ2) is 11.1. The molecular weight excluding hydrogens is 773 g/mol. The monoisotopic (exact) mass is 786 g/mol. The third kappa shape index (κ3) is 5.97. The number of benzene rings is 3. The normalized spacial score (nSPS) is 12.3. The van der Waals surface area contributed by atoms with Crippen LogP contribution in [0.4, 0.5) is 50.9 Å². The highest BCUT2D eigenvalue weighted by molar-refractivity contribution is 14.1. The fourth-order valence-electron chi connectivity index (χ4n) is 3.41. The number of nitrogens with one attached hydrogen (secondary N) is 1. The van der Waals surface area contributed by atoms with Gasteiger partial charge in [-0.3, -0.25) is 9.59 Å². The van der Waals surface area contributed by atoms with Gasteiger partial charge in [-0.15, -0.1) is 0 Å². The third-order valence-corrected chi connectivity index (χ3v) is 7.14. The average Bonchev–Trinajstić information content (AvgIpc) is 2.83. The molecule has 0 aromatic heterocycles. The molecule has 3 rings (SSSR count). The van der Waals surface area contributed by atoms with Crippen LogP contribution in [0.1, 0.15) is 26.3 Å². The highest BCUT2D eigenvalue weighted by Gasteiger charge is 2.73. The van der Waals surface area contributed by atoms with Gasteiger partial charge in [0.2, 0.25) is 0 Å². The molecule has 0 heterocycles. The summed E-state index contributed by atoms with van der Waals surface area (Å²) in [7, 11) is 1.20. The van der Waals surface area contributed by atoms with Crippen molar-refractivity contribution < 1.29 is 49.1 Å². The van der Waals surface area contributed by atoms with Crippen molar-refractivity contribution in [3.8, 4) is 0 Å². The zero-order chi connectivity index (χ0) is 29.5. The predicted octanol–water partition coefficient (Wildman–Crippen LogP) is 7.99. The van der Waals surface area contributed by atoms with Gasteiger partial charge in [0.15, 0.2) is 5.82 Å². The number of nitrogens with zero attached hydrogens (tertiary/aromatic N) is 1. The average molecular weight is 786 g/mol.